The topological polar surface area (TPSA) is 111 Å². The summed E-state index contributed by atoms with van der Waals surface area (Å²) in [6.07, 6.45) is 1.70. The fourth-order valence-corrected chi connectivity index (χ4v) is 3.96. The van der Waals surface area contributed by atoms with E-state index in [1.54, 1.807) is 25.1 Å². The fourth-order valence-electron chi connectivity index (χ4n) is 2.82. The fraction of sp³-hybridized carbons (Fsp3) is 0.158. The molecule has 0 aliphatic carbocycles. The van der Waals surface area contributed by atoms with Gasteiger partial charge < -0.3 is 9.47 Å². The van der Waals surface area contributed by atoms with E-state index in [1.807, 2.05) is 0 Å². The van der Waals surface area contributed by atoms with Gasteiger partial charge in [0.25, 0.3) is 5.91 Å². The maximum Gasteiger partial charge on any atom is 0.280 e. The normalized spacial score (nSPS) is 15.6. The highest BCUT2D eigenvalue weighted by atomic mass is 79.9. The molecule has 0 fully saturated rings. The lowest BCUT2D eigenvalue weighted by molar-refractivity contribution is -0.114. The van der Waals surface area contributed by atoms with E-state index in [0.717, 1.165) is 5.56 Å². The van der Waals surface area contributed by atoms with Crippen LogP contribution >= 0.6 is 15.9 Å². The molecule has 2 aromatic carbocycles. The van der Waals surface area contributed by atoms with Gasteiger partial charge >= 0.3 is 0 Å². The molecule has 1 aliphatic rings. The molecule has 10 heteroatoms. The van der Waals surface area contributed by atoms with E-state index >= 15 is 0 Å². The molecule has 0 bridgehead atoms. The Balaban J connectivity index is 1.95. The second-order valence-electron chi connectivity index (χ2n) is 6.14. The lowest BCUT2D eigenvalue weighted by atomic mass is 10.1. The number of halogens is 1. The SMILES string of the molecule is COc1cc(/C=C2\C(=O)N(c3ccc(S(N)(=O)=O)cc3)N=C2C)cc(Br)c1OC. The Bertz CT molecular complexity index is 1140. The molecule has 1 aliphatic heterocycles. The summed E-state index contributed by atoms with van der Waals surface area (Å²) in [6.45, 7) is 1.72. The number of nitrogens with zero attached hydrogens (tertiary/aromatic N) is 2. The van der Waals surface area contributed by atoms with Crippen LogP contribution in [0.5, 0.6) is 11.5 Å². The Morgan fingerprint density at radius 2 is 1.79 bits per heavy atom. The smallest absolute Gasteiger partial charge is 0.280 e. The van der Waals surface area contributed by atoms with Crippen molar-refractivity contribution < 1.29 is 22.7 Å². The van der Waals surface area contributed by atoms with Crippen LogP contribution in [-0.2, 0) is 14.8 Å². The average molecular weight is 480 g/mol. The molecule has 3 rings (SSSR count). The first kappa shape index (κ1) is 21.0. The van der Waals surface area contributed by atoms with Crippen LogP contribution in [-0.4, -0.2) is 34.3 Å². The van der Waals surface area contributed by atoms with Gasteiger partial charge in [-0.2, -0.15) is 10.1 Å². The molecule has 0 saturated heterocycles. The second-order valence-corrected chi connectivity index (χ2v) is 8.55. The number of methoxy groups -OCH3 is 2. The van der Waals surface area contributed by atoms with E-state index in [9.17, 15) is 13.2 Å². The maximum absolute atomic E-state index is 12.9. The highest BCUT2D eigenvalue weighted by Gasteiger charge is 2.29. The van der Waals surface area contributed by atoms with Crippen LogP contribution < -0.4 is 19.6 Å². The van der Waals surface area contributed by atoms with Crippen LogP contribution in [0, 0.1) is 0 Å². The molecule has 0 atom stereocenters. The summed E-state index contributed by atoms with van der Waals surface area (Å²) in [5.74, 6) is 0.732. The number of anilines is 1. The van der Waals surface area contributed by atoms with Gasteiger partial charge in [-0.05, 0) is 70.9 Å². The molecule has 0 aromatic heterocycles. The van der Waals surface area contributed by atoms with Gasteiger partial charge in [-0.25, -0.2) is 13.6 Å². The van der Waals surface area contributed by atoms with Crippen LogP contribution in [0.1, 0.15) is 12.5 Å². The van der Waals surface area contributed by atoms with Gasteiger partial charge in [0.2, 0.25) is 10.0 Å². The minimum Gasteiger partial charge on any atom is -0.493 e. The highest BCUT2D eigenvalue weighted by Crippen LogP contribution is 2.37. The molecule has 1 heterocycles. The maximum atomic E-state index is 12.9. The van der Waals surface area contributed by atoms with Crippen LogP contribution in [0.3, 0.4) is 0 Å². The molecular formula is C19H18BrN3O5S. The second kappa shape index (κ2) is 7.97. The van der Waals surface area contributed by atoms with E-state index in [1.165, 1.54) is 43.5 Å². The third-order valence-corrected chi connectivity index (χ3v) is 5.76. The molecule has 0 unspecified atom stereocenters. The van der Waals surface area contributed by atoms with Crippen molar-refractivity contribution in [3.8, 4) is 11.5 Å². The highest BCUT2D eigenvalue weighted by molar-refractivity contribution is 9.10. The van der Waals surface area contributed by atoms with Crippen molar-refractivity contribution in [2.45, 2.75) is 11.8 Å². The summed E-state index contributed by atoms with van der Waals surface area (Å²) >= 11 is 3.43. The lowest BCUT2D eigenvalue weighted by Gasteiger charge is -2.12. The van der Waals surface area contributed by atoms with Crippen molar-refractivity contribution in [1.29, 1.82) is 0 Å². The molecule has 2 N–H and O–H groups in total. The molecule has 0 saturated carbocycles. The van der Waals surface area contributed by atoms with Crippen molar-refractivity contribution >= 4 is 49.3 Å². The van der Waals surface area contributed by atoms with Gasteiger partial charge in [0.1, 0.15) is 0 Å². The third-order valence-electron chi connectivity index (χ3n) is 4.24. The summed E-state index contributed by atoms with van der Waals surface area (Å²) in [4.78, 5) is 12.9. The quantitative estimate of drug-likeness (QED) is 0.662. The Morgan fingerprint density at radius 3 is 2.34 bits per heavy atom. The molecule has 0 radical (unpaired) electrons. The van der Waals surface area contributed by atoms with Crippen LogP contribution in [0.2, 0.25) is 0 Å². The molecule has 29 heavy (non-hydrogen) atoms. The number of benzene rings is 2. The van der Waals surface area contributed by atoms with Gasteiger partial charge in [-0.1, -0.05) is 0 Å². The predicted octanol–water partition coefficient (Wildman–Crippen LogP) is 2.92. The summed E-state index contributed by atoms with van der Waals surface area (Å²) in [5.41, 5.74) is 2.08. The summed E-state index contributed by atoms with van der Waals surface area (Å²) in [5, 5.41) is 10.6. The number of hydrogen-bond donors (Lipinski definition) is 1. The Kier molecular flexibility index (Phi) is 5.78. The zero-order chi connectivity index (χ0) is 21.3. The number of carbonyl (C=O) groups excluding carboxylic acids is 1. The van der Waals surface area contributed by atoms with Crippen LogP contribution in [0.25, 0.3) is 6.08 Å². The lowest BCUT2D eigenvalue weighted by Crippen LogP contribution is -2.21. The average Bonchev–Trinajstić information content (AvgIpc) is 2.95. The molecule has 1 amide bonds. The number of hydrogen-bond acceptors (Lipinski definition) is 6. The largest absolute Gasteiger partial charge is 0.493 e. The molecule has 152 valence electrons. The number of primary sulfonamides is 1. The van der Waals surface area contributed by atoms with E-state index in [-0.39, 0.29) is 10.8 Å². The minimum atomic E-state index is -3.81. The molecule has 0 spiro atoms. The standard InChI is InChI=1S/C19H18BrN3O5S/c1-11-15(8-12-9-16(20)18(28-3)17(10-12)27-2)19(24)23(22-11)13-4-6-14(7-5-13)29(21,25)26/h4-10H,1-3H3,(H2,21,25,26)/b15-8-. The summed E-state index contributed by atoms with van der Waals surface area (Å²) < 4.78 is 34.1. The number of ether oxygens (including phenoxy) is 2. The van der Waals surface area contributed by atoms with Crippen LogP contribution in [0.4, 0.5) is 5.69 Å². The Labute approximate surface area is 176 Å². The number of sulfonamides is 1. The van der Waals surface area contributed by atoms with Crippen molar-refractivity contribution in [3.05, 3.63) is 52.0 Å². The first-order valence-electron chi connectivity index (χ1n) is 8.32. The van der Waals surface area contributed by atoms with E-state index in [2.05, 4.69) is 21.0 Å². The minimum absolute atomic E-state index is 0.0421. The van der Waals surface area contributed by atoms with Crippen molar-refractivity contribution in [2.24, 2.45) is 10.2 Å². The van der Waals surface area contributed by atoms with Gasteiger partial charge in [-0.15, -0.1) is 0 Å². The first-order chi connectivity index (χ1) is 13.7. The molecular weight excluding hydrogens is 462 g/mol. The Morgan fingerprint density at radius 1 is 1.14 bits per heavy atom. The number of hydrazone groups is 1. The van der Waals surface area contributed by atoms with Gasteiger partial charge in [0.05, 0.1) is 40.6 Å². The summed E-state index contributed by atoms with van der Waals surface area (Å²) in [6, 6.07) is 9.17. The number of carbonyl (C=O) groups is 1. The Hall–Kier alpha value is -2.69. The molecule has 2 aromatic rings. The van der Waals surface area contributed by atoms with E-state index < -0.39 is 10.0 Å². The third kappa shape index (κ3) is 4.19. The van der Waals surface area contributed by atoms with Crippen molar-refractivity contribution in [2.75, 3.05) is 19.2 Å². The van der Waals surface area contributed by atoms with Gasteiger partial charge in [0.15, 0.2) is 11.5 Å². The zero-order valence-electron chi connectivity index (χ0n) is 15.8. The molecule has 8 nitrogen and oxygen atoms in total. The zero-order valence-corrected chi connectivity index (χ0v) is 18.2. The van der Waals surface area contributed by atoms with E-state index in [0.29, 0.717) is 32.9 Å². The number of rotatable bonds is 5. The summed E-state index contributed by atoms with van der Waals surface area (Å²) in [7, 11) is -0.744. The van der Waals surface area contributed by atoms with Gasteiger partial charge in [-0.3, -0.25) is 4.79 Å². The van der Waals surface area contributed by atoms with Crippen molar-refractivity contribution in [1.82, 2.24) is 0 Å². The van der Waals surface area contributed by atoms with Crippen molar-refractivity contribution in [3.63, 3.8) is 0 Å². The first-order valence-corrected chi connectivity index (χ1v) is 10.7. The monoisotopic (exact) mass is 479 g/mol. The number of amides is 1. The van der Waals surface area contributed by atoms with E-state index in [4.69, 9.17) is 14.6 Å². The van der Waals surface area contributed by atoms with Crippen LogP contribution in [0.15, 0.2) is 56.4 Å². The predicted molar refractivity (Wildman–Crippen MR) is 114 cm³/mol. The van der Waals surface area contributed by atoms with Gasteiger partial charge in [0, 0.05) is 0 Å². The number of nitrogens with two attached hydrogens (primary N) is 1.